The van der Waals surface area contributed by atoms with Crippen LogP contribution >= 0.6 is 0 Å². The lowest BCUT2D eigenvalue weighted by Crippen LogP contribution is -2.41. The molecule has 1 heterocycles. The van der Waals surface area contributed by atoms with E-state index in [1.807, 2.05) is 17.9 Å². The molecule has 1 fully saturated rings. The SMILES string of the molecule is CNNc1ccc(N2CCOC(C)C2)c(F)c1. The monoisotopic (exact) mass is 239 g/mol. The molecule has 0 saturated carbocycles. The van der Waals surface area contributed by atoms with E-state index in [-0.39, 0.29) is 11.9 Å². The number of hydrogen-bond acceptors (Lipinski definition) is 4. The van der Waals surface area contributed by atoms with Crippen molar-refractivity contribution >= 4 is 11.4 Å². The molecular formula is C12H18FN3O. The molecule has 1 aromatic rings. The summed E-state index contributed by atoms with van der Waals surface area (Å²) in [6.45, 7) is 4.12. The Morgan fingerprint density at radius 2 is 2.29 bits per heavy atom. The van der Waals surface area contributed by atoms with Gasteiger partial charge >= 0.3 is 0 Å². The van der Waals surface area contributed by atoms with Crippen LogP contribution < -0.4 is 15.8 Å². The van der Waals surface area contributed by atoms with Crippen molar-refractivity contribution in [2.45, 2.75) is 13.0 Å². The fraction of sp³-hybridized carbons (Fsp3) is 0.500. The van der Waals surface area contributed by atoms with Crippen molar-refractivity contribution in [1.29, 1.82) is 0 Å². The van der Waals surface area contributed by atoms with Crippen molar-refractivity contribution in [3.05, 3.63) is 24.0 Å². The number of hydrazine groups is 1. The van der Waals surface area contributed by atoms with Gasteiger partial charge in [-0.05, 0) is 19.1 Å². The van der Waals surface area contributed by atoms with Crippen LogP contribution in [-0.4, -0.2) is 32.8 Å². The summed E-state index contributed by atoms with van der Waals surface area (Å²) in [6, 6.07) is 5.15. The molecule has 0 radical (unpaired) electrons. The summed E-state index contributed by atoms with van der Waals surface area (Å²) in [4.78, 5) is 2.02. The fourth-order valence-corrected chi connectivity index (χ4v) is 2.02. The Kier molecular flexibility index (Phi) is 3.81. The summed E-state index contributed by atoms with van der Waals surface area (Å²) < 4.78 is 19.4. The molecular weight excluding hydrogens is 221 g/mol. The van der Waals surface area contributed by atoms with Crippen LogP contribution in [0.2, 0.25) is 0 Å². The van der Waals surface area contributed by atoms with Gasteiger partial charge in [0.15, 0.2) is 0 Å². The van der Waals surface area contributed by atoms with Crippen LogP contribution in [-0.2, 0) is 4.74 Å². The van der Waals surface area contributed by atoms with Gasteiger partial charge in [-0.2, -0.15) is 0 Å². The lowest BCUT2D eigenvalue weighted by molar-refractivity contribution is 0.0530. The maximum atomic E-state index is 13.9. The largest absolute Gasteiger partial charge is 0.375 e. The van der Waals surface area contributed by atoms with E-state index in [4.69, 9.17) is 4.74 Å². The molecule has 1 atom stereocenters. The lowest BCUT2D eigenvalue weighted by atomic mass is 10.2. The minimum atomic E-state index is -0.209. The van der Waals surface area contributed by atoms with E-state index in [0.29, 0.717) is 12.3 Å². The van der Waals surface area contributed by atoms with E-state index in [9.17, 15) is 4.39 Å². The molecule has 0 bridgehead atoms. The van der Waals surface area contributed by atoms with Crippen LogP contribution in [0.4, 0.5) is 15.8 Å². The van der Waals surface area contributed by atoms with E-state index in [1.54, 1.807) is 13.1 Å². The molecule has 0 aromatic heterocycles. The Bertz CT molecular complexity index is 386. The average Bonchev–Trinajstić information content (AvgIpc) is 2.29. The van der Waals surface area contributed by atoms with Gasteiger partial charge in [-0.15, -0.1) is 0 Å². The number of morpholine rings is 1. The van der Waals surface area contributed by atoms with E-state index in [0.717, 1.165) is 18.8 Å². The molecule has 0 amide bonds. The van der Waals surface area contributed by atoms with Crippen LogP contribution in [0.15, 0.2) is 18.2 Å². The van der Waals surface area contributed by atoms with Gasteiger partial charge in [0.05, 0.1) is 24.1 Å². The first-order valence-electron chi connectivity index (χ1n) is 5.79. The molecule has 17 heavy (non-hydrogen) atoms. The maximum Gasteiger partial charge on any atom is 0.148 e. The number of nitrogens with zero attached hydrogens (tertiary/aromatic N) is 1. The summed E-state index contributed by atoms with van der Waals surface area (Å²) in [6.07, 6.45) is 0.151. The predicted octanol–water partition coefficient (Wildman–Crippen LogP) is 1.60. The first-order valence-corrected chi connectivity index (χ1v) is 5.79. The quantitative estimate of drug-likeness (QED) is 0.786. The summed E-state index contributed by atoms with van der Waals surface area (Å²) in [5.41, 5.74) is 6.98. The summed E-state index contributed by atoms with van der Waals surface area (Å²) in [5, 5.41) is 0. The first-order chi connectivity index (χ1) is 8.20. The number of halogens is 1. The molecule has 0 spiro atoms. The lowest BCUT2D eigenvalue weighted by Gasteiger charge is -2.33. The smallest absolute Gasteiger partial charge is 0.148 e. The van der Waals surface area contributed by atoms with Crippen molar-refractivity contribution < 1.29 is 9.13 Å². The third kappa shape index (κ3) is 2.87. The minimum absolute atomic E-state index is 0.151. The summed E-state index contributed by atoms with van der Waals surface area (Å²) >= 11 is 0. The van der Waals surface area contributed by atoms with E-state index in [2.05, 4.69) is 10.9 Å². The molecule has 1 aromatic carbocycles. The molecule has 4 nitrogen and oxygen atoms in total. The second kappa shape index (κ2) is 5.33. The number of rotatable bonds is 3. The molecule has 94 valence electrons. The van der Waals surface area contributed by atoms with Crippen LogP contribution in [0.3, 0.4) is 0 Å². The number of nitrogens with one attached hydrogen (secondary N) is 2. The molecule has 1 aliphatic rings. The van der Waals surface area contributed by atoms with Crippen LogP contribution in [0.1, 0.15) is 6.92 Å². The Morgan fingerprint density at radius 1 is 1.47 bits per heavy atom. The Labute approximate surface area is 101 Å². The highest BCUT2D eigenvalue weighted by molar-refractivity contribution is 5.56. The number of benzene rings is 1. The van der Waals surface area contributed by atoms with Gasteiger partial charge in [0.2, 0.25) is 0 Å². The predicted molar refractivity (Wildman–Crippen MR) is 66.7 cm³/mol. The van der Waals surface area contributed by atoms with Crippen LogP contribution in [0, 0.1) is 5.82 Å². The Balaban J connectivity index is 2.15. The van der Waals surface area contributed by atoms with Gasteiger partial charge in [-0.3, -0.25) is 0 Å². The normalized spacial score (nSPS) is 20.4. The first kappa shape index (κ1) is 12.1. The Morgan fingerprint density at radius 3 is 2.94 bits per heavy atom. The second-order valence-corrected chi connectivity index (χ2v) is 4.17. The zero-order valence-electron chi connectivity index (χ0n) is 10.2. The third-order valence-corrected chi connectivity index (χ3v) is 2.80. The standard InChI is InChI=1S/C12H18FN3O/c1-9-8-16(5-6-17-9)12-4-3-10(15-14-2)7-11(12)13/h3-4,7,9,14-15H,5-6,8H2,1-2H3. The summed E-state index contributed by atoms with van der Waals surface area (Å²) in [7, 11) is 1.75. The Hall–Kier alpha value is -1.33. The number of anilines is 2. The van der Waals surface area contributed by atoms with Crippen molar-refractivity contribution in [3.8, 4) is 0 Å². The molecule has 1 saturated heterocycles. The van der Waals surface area contributed by atoms with Gasteiger partial charge in [0.25, 0.3) is 0 Å². The minimum Gasteiger partial charge on any atom is -0.375 e. The molecule has 0 aliphatic carbocycles. The van der Waals surface area contributed by atoms with Gasteiger partial charge in [0, 0.05) is 26.2 Å². The average molecular weight is 239 g/mol. The second-order valence-electron chi connectivity index (χ2n) is 4.17. The highest BCUT2D eigenvalue weighted by Gasteiger charge is 2.19. The van der Waals surface area contributed by atoms with Crippen molar-refractivity contribution in [2.24, 2.45) is 0 Å². The molecule has 1 aliphatic heterocycles. The van der Waals surface area contributed by atoms with Gasteiger partial charge < -0.3 is 15.1 Å². The van der Waals surface area contributed by atoms with Crippen LogP contribution in [0.25, 0.3) is 0 Å². The van der Waals surface area contributed by atoms with E-state index in [1.165, 1.54) is 6.07 Å². The topological polar surface area (TPSA) is 36.5 Å². The molecule has 1 unspecified atom stereocenters. The van der Waals surface area contributed by atoms with Crippen LogP contribution in [0.5, 0.6) is 0 Å². The molecule has 2 N–H and O–H groups in total. The van der Waals surface area contributed by atoms with Gasteiger partial charge in [0.1, 0.15) is 5.82 Å². The number of hydrogen-bond donors (Lipinski definition) is 2. The molecule has 2 rings (SSSR count). The summed E-state index contributed by atoms with van der Waals surface area (Å²) in [5.74, 6) is -0.209. The highest BCUT2D eigenvalue weighted by atomic mass is 19.1. The van der Waals surface area contributed by atoms with Crippen molar-refractivity contribution in [2.75, 3.05) is 37.1 Å². The number of ether oxygens (including phenoxy) is 1. The fourth-order valence-electron chi connectivity index (χ4n) is 2.02. The molecule has 5 heteroatoms. The zero-order chi connectivity index (χ0) is 12.3. The van der Waals surface area contributed by atoms with E-state index >= 15 is 0 Å². The third-order valence-electron chi connectivity index (χ3n) is 2.80. The highest BCUT2D eigenvalue weighted by Crippen LogP contribution is 2.24. The van der Waals surface area contributed by atoms with Gasteiger partial charge in [-0.25, -0.2) is 9.82 Å². The van der Waals surface area contributed by atoms with Crippen molar-refractivity contribution in [3.63, 3.8) is 0 Å². The van der Waals surface area contributed by atoms with Crippen molar-refractivity contribution in [1.82, 2.24) is 5.43 Å². The van der Waals surface area contributed by atoms with Gasteiger partial charge in [-0.1, -0.05) is 0 Å². The maximum absolute atomic E-state index is 13.9. The zero-order valence-corrected chi connectivity index (χ0v) is 10.2. The van der Waals surface area contributed by atoms with E-state index < -0.39 is 0 Å².